The van der Waals surface area contributed by atoms with Crippen LogP contribution in [0, 0.1) is 0 Å². The maximum Gasteiger partial charge on any atom is 0.433 e. The number of methoxy groups -OCH3 is 1. The van der Waals surface area contributed by atoms with Gasteiger partial charge in [0.05, 0.1) is 18.4 Å². The highest BCUT2D eigenvalue weighted by Crippen LogP contribution is 2.27. The lowest BCUT2D eigenvalue weighted by Crippen LogP contribution is -2.14. The number of benzene rings is 1. The standard InChI is InChI=1S/C14H11F3N2O2/c1-21-11-5-3-2-4-10(11)19-13(20)9-6-7-12(18-8-9)14(15,16)17/h2-8H,1H3,(H,19,20). The number of carbonyl (C=O) groups excluding carboxylic acids is 1. The number of rotatable bonds is 3. The number of alkyl halides is 3. The maximum atomic E-state index is 12.4. The summed E-state index contributed by atoms with van der Waals surface area (Å²) >= 11 is 0. The van der Waals surface area contributed by atoms with Gasteiger partial charge in [0, 0.05) is 6.20 Å². The number of anilines is 1. The van der Waals surface area contributed by atoms with Crippen LogP contribution in [0.2, 0.25) is 0 Å². The van der Waals surface area contributed by atoms with E-state index in [1.165, 1.54) is 7.11 Å². The smallest absolute Gasteiger partial charge is 0.433 e. The molecule has 0 aliphatic carbocycles. The molecule has 110 valence electrons. The van der Waals surface area contributed by atoms with Crippen molar-refractivity contribution < 1.29 is 22.7 Å². The van der Waals surface area contributed by atoms with Crippen molar-refractivity contribution in [2.45, 2.75) is 6.18 Å². The van der Waals surface area contributed by atoms with E-state index in [9.17, 15) is 18.0 Å². The summed E-state index contributed by atoms with van der Waals surface area (Å²) in [6.45, 7) is 0. The molecule has 1 N–H and O–H groups in total. The predicted octanol–water partition coefficient (Wildman–Crippen LogP) is 3.36. The SMILES string of the molecule is COc1ccccc1NC(=O)c1ccc(C(F)(F)F)nc1. The van der Waals surface area contributed by atoms with Crippen molar-refractivity contribution in [2.75, 3.05) is 12.4 Å². The second-order valence-corrected chi connectivity index (χ2v) is 4.08. The van der Waals surface area contributed by atoms with E-state index in [0.29, 0.717) is 11.4 Å². The van der Waals surface area contributed by atoms with Crippen LogP contribution in [0.25, 0.3) is 0 Å². The van der Waals surface area contributed by atoms with Gasteiger partial charge in [0.25, 0.3) is 5.91 Å². The number of nitrogens with zero attached hydrogens (tertiary/aromatic N) is 1. The zero-order valence-electron chi connectivity index (χ0n) is 10.9. The Morgan fingerprint density at radius 1 is 1.19 bits per heavy atom. The van der Waals surface area contributed by atoms with Gasteiger partial charge in [0.1, 0.15) is 11.4 Å². The minimum Gasteiger partial charge on any atom is -0.495 e. The van der Waals surface area contributed by atoms with Gasteiger partial charge in [-0.15, -0.1) is 0 Å². The fraction of sp³-hybridized carbons (Fsp3) is 0.143. The number of halogens is 3. The molecule has 1 amide bonds. The van der Waals surface area contributed by atoms with Crippen molar-refractivity contribution in [3.63, 3.8) is 0 Å². The number of nitrogens with one attached hydrogen (secondary N) is 1. The normalized spacial score (nSPS) is 11.0. The van der Waals surface area contributed by atoms with E-state index in [4.69, 9.17) is 4.74 Å². The minimum absolute atomic E-state index is 0.0221. The summed E-state index contributed by atoms with van der Waals surface area (Å²) in [7, 11) is 1.45. The van der Waals surface area contributed by atoms with E-state index in [0.717, 1.165) is 18.3 Å². The van der Waals surface area contributed by atoms with Gasteiger partial charge in [-0.05, 0) is 24.3 Å². The average molecular weight is 296 g/mol. The Morgan fingerprint density at radius 2 is 1.90 bits per heavy atom. The van der Waals surface area contributed by atoms with Crippen molar-refractivity contribution in [3.8, 4) is 5.75 Å². The average Bonchev–Trinajstić information content (AvgIpc) is 2.47. The number of hydrogen-bond donors (Lipinski definition) is 1. The highest BCUT2D eigenvalue weighted by atomic mass is 19.4. The second-order valence-electron chi connectivity index (χ2n) is 4.08. The fourth-order valence-corrected chi connectivity index (χ4v) is 1.64. The van der Waals surface area contributed by atoms with E-state index in [1.807, 2.05) is 0 Å². The Morgan fingerprint density at radius 3 is 2.48 bits per heavy atom. The molecule has 1 aromatic carbocycles. The van der Waals surface area contributed by atoms with E-state index in [1.54, 1.807) is 24.3 Å². The lowest BCUT2D eigenvalue weighted by Gasteiger charge is -2.10. The van der Waals surface area contributed by atoms with Gasteiger partial charge in [-0.2, -0.15) is 13.2 Å². The van der Waals surface area contributed by atoms with E-state index in [-0.39, 0.29) is 5.56 Å². The van der Waals surface area contributed by atoms with Crippen molar-refractivity contribution in [2.24, 2.45) is 0 Å². The highest BCUT2D eigenvalue weighted by Gasteiger charge is 2.32. The third-order valence-electron chi connectivity index (χ3n) is 2.67. The zero-order valence-corrected chi connectivity index (χ0v) is 10.9. The van der Waals surface area contributed by atoms with Gasteiger partial charge in [0.2, 0.25) is 0 Å². The lowest BCUT2D eigenvalue weighted by molar-refractivity contribution is -0.141. The van der Waals surface area contributed by atoms with Crippen LogP contribution in [0.3, 0.4) is 0 Å². The molecule has 0 bridgehead atoms. The highest BCUT2D eigenvalue weighted by molar-refractivity contribution is 6.04. The quantitative estimate of drug-likeness (QED) is 0.945. The summed E-state index contributed by atoms with van der Waals surface area (Å²) in [5.41, 5.74) is -0.602. The Balaban J connectivity index is 2.17. The first-order valence-electron chi connectivity index (χ1n) is 5.89. The number of para-hydroxylation sites is 2. The first kappa shape index (κ1) is 14.8. The monoisotopic (exact) mass is 296 g/mol. The summed E-state index contributed by atoms with van der Waals surface area (Å²) in [5, 5.41) is 2.55. The molecule has 7 heteroatoms. The molecular formula is C14H11F3N2O2. The molecule has 0 radical (unpaired) electrons. The molecule has 2 rings (SSSR count). The molecule has 0 aliphatic heterocycles. The molecule has 4 nitrogen and oxygen atoms in total. The molecular weight excluding hydrogens is 285 g/mol. The van der Waals surface area contributed by atoms with Crippen molar-refractivity contribution in [1.82, 2.24) is 4.98 Å². The van der Waals surface area contributed by atoms with Gasteiger partial charge in [-0.1, -0.05) is 12.1 Å². The van der Waals surface area contributed by atoms with Gasteiger partial charge in [0.15, 0.2) is 0 Å². The van der Waals surface area contributed by atoms with E-state index >= 15 is 0 Å². The molecule has 21 heavy (non-hydrogen) atoms. The third kappa shape index (κ3) is 3.50. The number of amides is 1. The Labute approximate surface area is 118 Å². The van der Waals surface area contributed by atoms with Crippen LogP contribution >= 0.6 is 0 Å². The molecule has 0 spiro atoms. The Bertz CT molecular complexity index is 639. The Kier molecular flexibility index (Phi) is 4.11. The number of pyridine rings is 1. The summed E-state index contributed by atoms with van der Waals surface area (Å²) in [6, 6.07) is 8.53. The number of aromatic nitrogens is 1. The number of hydrogen-bond acceptors (Lipinski definition) is 3. The van der Waals surface area contributed by atoms with Crippen LogP contribution in [0.1, 0.15) is 16.1 Å². The fourth-order valence-electron chi connectivity index (χ4n) is 1.64. The largest absolute Gasteiger partial charge is 0.495 e. The van der Waals surface area contributed by atoms with Crippen LogP contribution < -0.4 is 10.1 Å². The molecule has 0 aliphatic rings. The molecule has 0 fully saturated rings. The number of carbonyl (C=O) groups is 1. The van der Waals surface area contributed by atoms with Gasteiger partial charge in [-0.25, -0.2) is 0 Å². The summed E-state index contributed by atoms with van der Waals surface area (Å²) in [5.74, 6) is -0.119. The first-order chi connectivity index (χ1) is 9.91. The molecule has 0 saturated heterocycles. The van der Waals surface area contributed by atoms with Gasteiger partial charge >= 0.3 is 6.18 Å². The van der Waals surface area contributed by atoms with Gasteiger partial charge < -0.3 is 10.1 Å². The molecule has 0 atom stereocenters. The Hall–Kier alpha value is -2.57. The summed E-state index contributed by atoms with van der Waals surface area (Å²) in [4.78, 5) is 15.2. The lowest BCUT2D eigenvalue weighted by atomic mass is 10.2. The minimum atomic E-state index is -4.53. The molecule has 1 aromatic heterocycles. The van der Waals surface area contributed by atoms with Crippen LogP contribution in [-0.2, 0) is 6.18 Å². The zero-order chi connectivity index (χ0) is 15.5. The second kappa shape index (κ2) is 5.82. The molecule has 1 heterocycles. The van der Waals surface area contributed by atoms with Crippen LogP contribution in [0.15, 0.2) is 42.6 Å². The van der Waals surface area contributed by atoms with Gasteiger partial charge in [-0.3, -0.25) is 9.78 Å². The van der Waals surface area contributed by atoms with Crippen LogP contribution in [0.4, 0.5) is 18.9 Å². The third-order valence-corrected chi connectivity index (χ3v) is 2.67. The van der Waals surface area contributed by atoms with Crippen molar-refractivity contribution in [1.29, 1.82) is 0 Å². The topological polar surface area (TPSA) is 51.2 Å². The molecule has 2 aromatic rings. The summed E-state index contributed by atoms with van der Waals surface area (Å²) < 4.78 is 42.2. The number of ether oxygens (including phenoxy) is 1. The van der Waals surface area contributed by atoms with E-state index < -0.39 is 17.8 Å². The van der Waals surface area contributed by atoms with Crippen LogP contribution in [-0.4, -0.2) is 18.0 Å². The van der Waals surface area contributed by atoms with Crippen LogP contribution in [0.5, 0.6) is 5.75 Å². The summed E-state index contributed by atoms with van der Waals surface area (Å²) in [6.07, 6.45) is -3.65. The van der Waals surface area contributed by atoms with E-state index in [2.05, 4.69) is 10.3 Å². The molecule has 0 unspecified atom stereocenters. The van der Waals surface area contributed by atoms with Crippen molar-refractivity contribution >= 4 is 11.6 Å². The molecule has 0 saturated carbocycles. The maximum absolute atomic E-state index is 12.4. The predicted molar refractivity (Wildman–Crippen MR) is 70.2 cm³/mol. The first-order valence-corrected chi connectivity index (χ1v) is 5.89. The van der Waals surface area contributed by atoms with Crippen molar-refractivity contribution in [3.05, 3.63) is 53.9 Å².